The number of alkyl halides is 2. The number of rotatable bonds is 3. The second-order valence-electron chi connectivity index (χ2n) is 9.50. The summed E-state index contributed by atoms with van der Waals surface area (Å²) in [6.45, 7) is -2.78. The lowest BCUT2D eigenvalue weighted by molar-refractivity contribution is -0.0507. The van der Waals surface area contributed by atoms with Gasteiger partial charge in [-0.2, -0.15) is 8.78 Å². The number of nitrogens with zero attached hydrogens (tertiary/aromatic N) is 3. The molecule has 186 valence electrons. The molecule has 2 bridgehead atoms. The molecule has 0 saturated heterocycles. The first-order chi connectivity index (χ1) is 17.8. The largest absolute Gasteiger partial charge is 0.434 e. The van der Waals surface area contributed by atoms with Crippen LogP contribution in [0.4, 0.5) is 13.2 Å². The first-order valence-electron chi connectivity index (χ1n) is 11.8. The van der Waals surface area contributed by atoms with Gasteiger partial charge >= 0.3 is 6.61 Å². The lowest BCUT2D eigenvalue weighted by Gasteiger charge is -2.24. The molecule has 37 heavy (non-hydrogen) atoms. The Morgan fingerprint density at radius 2 is 1.92 bits per heavy atom. The smallest absolute Gasteiger partial charge is 0.387 e. The summed E-state index contributed by atoms with van der Waals surface area (Å²) in [5.41, 5.74) is 4.10. The fourth-order valence-corrected chi connectivity index (χ4v) is 5.95. The fourth-order valence-electron chi connectivity index (χ4n) is 5.95. The molecular formula is C27H19F3N4O3. The Bertz CT molecular complexity index is 1660. The van der Waals surface area contributed by atoms with E-state index >= 15 is 0 Å². The van der Waals surface area contributed by atoms with Gasteiger partial charge in [0.2, 0.25) is 0 Å². The quantitative estimate of drug-likeness (QED) is 0.435. The van der Waals surface area contributed by atoms with E-state index in [1.807, 2.05) is 22.8 Å². The molecule has 4 heterocycles. The maximum Gasteiger partial charge on any atom is 0.387 e. The standard InChI is InChI=1S/C27H19F3N4O3/c1-33-20-10-19(23-15(26(33)36)3-2-4-21(23)37-27(29)30)34-18-9-12(5-6-17(18)32-24(20)34)13-7-14-11-31-25(35)22(14)16(28)8-13/h2-9,19-20,27H,10-11H2,1H3,(H,31,35)/t19-,20?/m1/s1. The van der Waals surface area contributed by atoms with Crippen LogP contribution in [0, 0.1) is 5.82 Å². The molecule has 0 radical (unpaired) electrons. The molecule has 1 N–H and O–H groups in total. The van der Waals surface area contributed by atoms with Crippen LogP contribution >= 0.6 is 0 Å². The number of carbonyl (C=O) groups excluding carboxylic acids is 2. The third-order valence-corrected chi connectivity index (χ3v) is 7.58. The molecule has 7 nitrogen and oxygen atoms in total. The van der Waals surface area contributed by atoms with Gasteiger partial charge in [-0.15, -0.1) is 0 Å². The van der Waals surface area contributed by atoms with Crippen LogP contribution in [-0.2, 0) is 6.54 Å². The zero-order valence-corrected chi connectivity index (χ0v) is 19.5. The maximum atomic E-state index is 14.8. The summed E-state index contributed by atoms with van der Waals surface area (Å²) in [6.07, 6.45) is 0.461. The molecule has 2 amide bonds. The minimum atomic E-state index is -3.04. The van der Waals surface area contributed by atoms with Gasteiger partial charge in [0.25, 0.3) is 11.8 Å². The highest BCUT2D eigenvalue weighted by atomic mass is 19.3. The molecule has 4 aromatic rings. The highest BCUT2D eigenvalue weighted by Crippen LogP contribution is 2.50. The van der Waals surface area contributed by atoms with Crippen molar-refractivity contribution in [2.24, 2.45) is 0 Å². The first kappa shape index (κ1) is 21.9. The molecule has 0 fully saturated rings. The monoisotopic (exact) mass is 504 g/mol. The lowest BCUT2D eigenvalue weighted by atomic mass is 9.97. The summed E-state index contributed by atoms with van der Waals surface area (Å²) < 4.78 is 48.2. The van der Waals surface area contributed by atoms with Gasteiger partial charge < -0.3 is 19.5 Å². The van der Waals surface area contributed by atoms with Gasteiger partial charge in [0, 0.05) is 31.1 Å². The van der Waals surface area contributed by atoms with Crippen molar-refractivity contribution in [2.75, 3.05) is 7.05 Å². The Hall–Kier alpha value is -4.34. The van der Waals surface area contributed by atoms with Crippen molar-refractivity contribution < 1.29 is 27.5 Å². The van der Waals surface area contributed by atoms with Crippen LogP contribution in [0.1, 0.15) is 56.2 Å². The maximum absolute atomic E-state index is 14.8. The molecule has 0 saturated carbocycles. The number of amides is 2. The number of aromatic nitrogens is 2. The Labute approximate surface area is 208 Å². The number of nitrogens with one attached hydrogen (secondary N) is 1. The van der Waals surface area contributed by atoms with Crippen LogP contribution in [0.3, 0.4) is 0 Å². The Kier molecular flexibility index (Phi) is 4.49. The normalized spacial score (nSPS) is 19.6. The van der Waals surface area contributed by atoms with Gasteiger partial charge in [-0.25, -0.2) is 9.37 Å². The van der Waals surface area contributed by atoms with E-state index in [4.69, 9.17) is 9.72 Å². The fraction of sp³-hybridized carbons (Fsp3) is 0.222. The minimum absolute atomic E-state index is 0.0383. The molecular weight excluding hydrogens is 485 g/mol. The predicted molar refractivity (Wildman–Crippen MR) is 127 cm³/mol. The van der Waals surface area contributed by atoms with Gasteiger partial charge in [-0.3, -0.25) is 9.59 Å². The van der Waals surface area contributed by atoms with Crippen molar-refractivity contribution in [1.29, 1.82) is 0 Å². The molecule has 0 spiro atoms. The molecule has 2 atom stereocenters. The average molecular weight is 504 g/mol. The average Bonchev–Trinajstić information content (AvgIpc) is 3.52. The van der Waals surface area contributed by atoms with Crippen LogP contribution in [0.5, 0.6) is 5.75 Å². The first-order valence-corrected chi connectivity index (χ1v) is 11.8. The summed E-state index contributed by atoms with van der Waals surface area (Å²) in [5, 5.41) is 2.64. The number of imidazole rings is 1. The molecule has 1 unspecified atom stereocenters. The molecule has 10 heteroatoms. The number of ether oxygens (including phenoxy) is 1. The molecule has 3 aliphatic heterocycles. The van der Waals surface area contributed by atoms with E-state index in [0.29, 0.717) is 40.0 Å². The molecule has 7 rings (SSSR count). The second kappa shape index (κ2) is 7.58. The van der Waals surface area contributed by atoms with E-state index in [9.17, 15) is 22.8 Å². The zero-order chi connectivity index (χ0) is 25.6. The molecule has 3 aliphatic rings. The van der Waals surface area contributed by atoms with E-state index in [1.54, 1.807) is 24.1 Å². The van der Waals surface area contributed by atoms with Crippen LogP contribution in [-0.4, -0.2) is 39.9 Å². The van der Waals surface area contributed by atoms with E-state index < -0.39 is 24.4 Å². The summed E-state index contributed by atoms with van der Waals surface area (Å²) in [7, 11) is 1.68. The molecule has 1 aromatic heterocycles. The van der Waals surface area contributed by atoms with Gasteiger partial charge in [0.15, 0.2) is 0 Å². The number of carbonyl (C=O) groups is 2. The molecule has 0 aliphatic carbocycles. The molecule has 3 aromatic carbocycles. The van der Waals surface area contributed by atoms with Gasteiger partial charge in [-0.1, -0.05) is 12.1 Å². The number of hydrogen-bond donors (Lipinski definition) is 1. The lowest BCUT2D eigenvalue weighted by Crippen LogP contribution is -2.30. The Balaban J connectivity index is 1.43. The third-order valence-electron chi connectivity index (χ3n) is 7.58. The summed E-state index contributed by atoms with van der Waals surface area (Å²) in [4.78, 5) is 31.6. The van der Waals surface area contributed by atoms with E-state index in [-0.39, 0.29) is 29.8 Å². The van der Waals surface area contributed by atoms with Crippen molar-refractivity contribution >= 4 is 22.8 Å². The Morgan fingerprint density at radius 1 is 1.08 bits per heavy atom. The SMILES string of the molecule is CN1C(=O)c2cccc(OC(F)F)c2[C@H]2CC1c1nc3ccc(-c4cc(F)c5c(c4)CNC5=O)cc3n12. The van der Waals surface area contributed by atoms with Crippen LogP contribution in [0.2, 0.25) is 0 Å². The summed E-state index contributed by atoms with van der Waals surface area (Å²) in [5.74, 6) is -0.677. The summed E-state index contributed by atoms with van der Waals surface area (Å²) >= 11 is 0. The minimum Gasteiger partial charge on any atom is -0.434 e. The van der Waals surface area contributed by atoms with E-state index in [1.165, 1.54) is 18.2 Å². The van der Waals surface area contributed by atoms with Crippen molar-refractivity contribution in [3.63, 3.8) is 0 Å². The highest BCUT2D eigenvalue weighted by Gasteiger charge is 2.45. The zero-order valence-electron chi connectivity index (χ0n) is 19.5. The second-order valence-corrected chi connectivity index (χ2v) is 9.50. The van der Waals surface area contributed by atoms with Crippen molar-refractivity contribution in [2.45, 2.75) is 31.7 Å². The van der Waals surface area contributed by atoms with Crippen molar-refractivity contribution in [3.8, 4) is 16.9 Å². The number of hydrogen-bond acceptors (Lipinski definition) is 4. The number of fused-ring (bicyclic) bond motifs is 10. The third kappa shape index (κ3) is 3.04. The number of halogens is 3. The predicted octanol–water partition coefficient (Wildman–Crippen LogP) is 4.81. The van der Waals surface area contributed by atoms with Gasteiger partial charge in [0.1, 0.15) is 17.4 Å². The van der Waals surface area contributed by atoms with Crippen molar-refractivity contribution in [3.05, 3.63) is 82.4 Å². The van der Waals surface area contributed by atoms with E-state index in [2.05, 4.69) is 5.32 Å². The topological polar surface area (TPSA) is 76.5 Å². The van der Waals surface area contributed by atoms with Crippen LogP contribution in [0.25, 0.3) is 22.2 Å². The van der Waals surface area contributed by atoms with Crippen LogP contribution < -0.4 is 10.1 Å². The van der Waals surface area contributed by atoms with E-state index in [0.717, 1.165) is 11.1 Å². The van der Waals surface area contributed by atoms with Gasteiger partial charge in [-0.05, 0) is 53.1 Å². The Morgan fingerprint density at radius 3 is 2.73 bits per heavy atom. The summed E-state index contributed by atoms with van der Waals surface area (Å²) in [6, 6.07) is 12.5. The number of benzene rings is 3. The highest BCUT2D eigenvalue weighted by molar-refractivity contribution is 6.00. The van der Waals surface area contributed by atoms with Gasteiger partial charge in [0.05, 0.1) is 28.7 Å². The van der Waals surface area contributed by atoms with Crippen LogP contribution in [0.15, 0.2) is 48.5 Å². The van der Waals surface area contributed by atoms with Crippen molar-refractivity contribution in [1.82, 2.24) is 19.8 Å².